The highest BCUT2D eigenvalue weighted by Gasteiger charge is 2.23. The number of hydrogen-bond donors (Lipinski definition) is 2. The van der Waals surface area contributed by atoms with Crippen LogP contribution in [0.1, 0.15) is 54.7 Å². The highest BCUT2D eigenvalue weighted by Crippen LogP contribution is 2.33. The minimum Gasteiger partial charge on any atom is -0.491 e. The van der Waals surface area contributed by atoms with E-state index >= 15 is 0 Å². The normalized spacial score (nSPS) is 9.63. The quantitative estimate of drug-likeness (QED) is 0.652. The van der Waals surface area contributed by atoms with Crippen molar-refractivity contribution >= 4 is 0 Å². The summed E-state index contributed by atoms with van der Waals surface area (Å²) in [6.45, 7) is 4.96. The summed E-state index contributed by atoms with van der Waals surface area (Å²) in [5.74, 6) is 1.51. The number of hydrogen-bond acceptors (Lipinski definition) is 4. The Bertz CT molecular complexity index is 535. The minimum atomic E-state index is -0.148. The van der Waals surface area contributed by atoms with Gasteiger partial charge in [-0.1, -0.05) is 67.8 Å². The molecule has 0 amide bonds. The van der Waals surface area contributed by atoms with Gasteiger partial charge in [-0.05, 0) is 35.4 Å². The van der Waals surface area contributed by atoms with E-state index in [0.29, 0.717) is 13.2 Å². The van der Waals surface area contributed by atoms with Gasteiger partial charge in [0.05, 0.1) is 13.2 Å². The topological polar surface area (TPSA) is 58.9 Å². The molecule has 0 saturated heterocycles. The first kappa shape index (κ1) is 29.7. The van der Waals surface area contributed by atoms with E-state index in [1.165, 1.54) is 11.1 Å². The van der Waals surface area contributed by atoms with Gasteiger partial charge in [-0.3, -0.25) is 0 Å². The maximum Gasteiger partial charge on any atom is 0.119 e. The molecular formula is C23H40O4. The molecule has 2 N–H and O–H groups in total. The van der Waals surface area contributed by atoms with Crippen molar-refractivity contribution in [3.05, 3.63) is 59.7 Å². The molecule has 0 fully saturated rings. The zero-order valence-electron chi connectivity index (χ0n) is 13.7. The number of aliphatic hydroxyl groups excluding tert-OH is 2. The lowest BCUT2D eigenvalue weighted by molar-refractivity contribution is 0.201. The van der Waals surface area contributed by atoms with Gasteiger partial charge < -0.3 is 19.7 Å². The van der Waals surface area contributed by atoms with Crippen molar-refractivity contribution in [2.75, 3.05) is 26.4 Å². The van der Waals surface area contributed by atoms with Crippen LogP contribution in [-0.2, 0) is 5.41 Å². The fourth-order valence-electron chi connectivity index (χ4n) is 2.43. The third-order valence-corrected chi connectivity index (χ3v) is 3.87. The van der Waals surface area contributed by atoms with Crippen LogP contribution >= 0.6 is 0 Å². The third kappa shape index (κ3) is 8.02. The van der Waals surface area contributed by atoms with Crippen LogP contribution < -0.4 is 9.47 Å². The highest BCUT2D eigenvalue weighted by molar-refractivity contribution is 5.41. The molecule has 2 rings (SSSR count). The summed E-state index contributed by atoms with van der Waals surface area (Å²) >= 11 is 0. The van der Waals surface area contributed by atoms with Gasteiger partial charge in [-0.15, -0.1) is 0 Å². The number of ether oxygens (including phenoxy) is 2. The zero-order chi connectivity index (χ0) is 16.7. The molecule has 0 aliphatic rings. The van der Waals surface area contributed by atoms with Gasteiger partial charge in [0, 0.05) is 5.41 Å². The summed E-state index contributed by atoms with van der Waals surface area (Å²) in [5, 5.41) is 17.6. The summed E-state index contributed by atoms with van der Waals surface area (Å²) in [5.41, 5.74) is 2.21. The van der Waals surface area contributed by atoms with Crippen molar-refractivity contribution in [1.82, 2.24) is 0 Å². The van der Waals surface area contributed by atoms with Crippen molar-refractivity contribution in [2.45, 2.75) is 49.0 Å². The molecule has 4 nitrogen and oxygen atoms in total. The third-order valence-electron chi connectivity index (χ3n) is 3.87. The molecule has 4 heteroatoms. The standard InChI is InChI=1S/C19H24O4.4CH4/c1-19(2,15-3-7-17(8-4-15)22-13-11-20)16-5-9-18(10-6-16)23-14-12-21;;;;/h3-10,20-21H,11-14H2,1-2H3;4*1H4. The Labute approximate surface area is 166 Å². The molecule has 0 aliphatic carbocycles. The Morgan fingerprint density at radius 2 is 0.926 bits per heavy atom. The SMILES string of the molecule is C.C.C.C.CC(C)(c1ccc(OCCO)cc1)c1ccc(OCCO)cc1. The van der Waals surface area contributed by atoms with Gasteiger partial charge in [0.15, 0.2) is 0 Å². The van der Waals surface area contributed by atoms with Crippen LogP contribution in [0.4, 0.5) is 0 Å². The molecule has 2 aromatic carbocycles. The van der Waals surface area contributed by atoms with Gasteiger partial charge >= 0.3 is 0 Å². The Balaban J connectivity index is -0.00000144. The Morgan fingerprint density at radius 1 is 0.630 bits per heavy atom. The predicted molar refractivity (Wildman–Crippen MR) is 117 cm³/mol. The molecule has 0 atom stereocenters. The van der Waals surface area contributed by atoms with Crippen molar-refractivity contribution in [3.63, 3.8) is 0 Å². The Kier molecular flexibility index (Phi) is 15.5. The first-order chi connectivity index (χ1) is 11.1. The lowest BCUT2D eigenvalue weighted by atomic mass is 9.78. The van der Waals surface area contributed by atoms with E-state index in [2.05, 4.69) is 13.8 Å². The average Bonchev–Trinajstić information content (AvgIpc) is 2.59. The largest absolute Gasteiger partial charge is 0.491 e. The van der Waals surface area contributed by atoms with Gasteiger partial charge in [0.25, 0.3) is 0 Å². The molecule has 0 radical (unpaired) electrons. The van der Waals surface area contributed by atoms with Crippen LogP contribution in [0.2, 0.25) is 0 Å². The van der Waals surface area contributed by atoms with Crippen molar-refractivity contribution in [3.8, 4) is 11.5 Å². The van der Waals surface area contributed by atoms with E-state index in [-0.39, 0.29) is 48.3 Å². The van der Waals surface area contributed by atoms with Crippen LogP contribution in [0.15, 0.2) is 48.5 Å². The summed E-state index contributed by atoms with van der Waals surface area (Å²) in [7, 11) is 0. The smallest absolute Gasteiger partial charge is 0.119 e. The molecule has 0 spiro atoms. The van der Waals surface area contributed by atoms with E-state index < -0.39 is 0 Å². The highest BCUT2D eigenvalue weighted by atomic mass is 16.5. The molecule has 0 aromatic heterocycles. The summed E-state index contributed by atoms with van der Waals surface area (Å²) in [6, 6.07) is 15.9. The Morgan fingerprint density at radius 3 is 1.19 bits per heavy atom. The lowest BCUT2D eigenvalue weighted by Gasteiger charge is -2.26. The number of rotatable bonds is 8. The fourth-order valence-corrected chi connectivity index (χ4v) is 2.43. The second kappa shape index (κ2) is 14.1. The summed E-state index contributed by atoms with van der Waals surface area (Å²) < 4.78 is 10.8. The van der Waals surface area contributed by atoms with Crippen LogP contribution in [0, 0.1) is 0 Å². The molecule has 0 saturated carbocycles. The van der Waals surface area contributed by atoms with Gasteiger partial charge in [0.2, 0.25) is 0 Å². The van der Waals surface area contributed by atoms with Gasteiger partial charge in [-0.25, -0.2) is 0 Å². The van der Waals surface area contributed by atoms with Gasteiger partial charge in [-0.2, -0.15) is 0 Å². The average molecular weight is 381 g/mol. The van der Waals surface area contributed by atoms with Crippen LogP contribution in [0.3, 0.4) is 0 Å². The van der Waals surface area contributed by atoms with Crippen molar-refractivity contribution in [2.24, 2.45) is 0 Å². The second-order valence-electron chi connectivity index (χ2n) is 5.82. The maximum absolute atomic E-state index is 8.79. The van der Waals surface area contributed by atoms with Crippen LogP contribution in [-0.4, -0.2) is 36.6 Å². The van der Waals surface area contributed by atoms with E-state index in [1.54, 1.807) is 0 Å². The predicted octanol–water partition coefficient (Wildman–Crippen LogP) is 5.30. The molecule has 27 heavy (non-hydrogen) atoms. The Hall–Kier alpha value is -2.04. The maximum atomic E-state index is 8.79. The van der Waals surface area contributed by atoms with E-state index in [0.717, 1.165) is 11.5 Å². The molecule has 0 bridgehead atoms. The number of aliphatic hydroxyl groups is 2. The second-order valence-corrected chi connectivity index (χ2v) is 5.82. The summed E-state index contributed by atoms with van der Waals surface area (Å²) in [6.07, 6.45) is 0. The van der Waals surface area contributed by atoms with Crippen molar-refractivity contribution in [1.29, 1.82) is 0 Å². The molecule has 156 valence electrons. The zero-order valence-corrected chi connectivity index (χ0v) is 13.7. The van der Waals surface area contributed by atoms with E-state index in [9.17, 15) is 0 Å². The lowest BCUT2D eigenvalue weighted by Crippen LogP contribution is -2.18. The van der Waals surface area contributed by atoms with Crippen LogP contribution in [0.5, 0.6) is 11.5 Å². The fraction of sp³-hybridized carbons (Fsp3) is 0.478. The van der Waals surface area contributed by atoms with Crippen molar-refractivity contribution < 1.29 is 19.7 Å². The summed E-state index contributed by atoms with van der Waals surface area (Å²) in [4.78, 5) is 0. The first-order valence-corrected chi connectivity index (χ1v) is 7.76. The molecular weight excluding hydrogens is 340 g/mol. The molecule has 0 heterocycles. The minimum absolute atomic E-state index is 0. The van der Waals surface area contributed by atoms with E-state index in [1.807, 2.05) is 48.5 Å². The van der Waals surface area contributed by atoms with Crippen LogP contribution in [0.25, 0.3) is 0 Å². The molecule has 0 unspecified atom stereocenters. The van der Waals surface area contributed by atoms with Gasteiger partial charge in [0.1, 0.15) is 24.7 Å². The molecule has 2 aromatic rings. The molecule has 0 aliphatic heterocycles. The van der Waals surface area contributed by atoms with E-state index in [4.69, 9.17) is 19.7 Å². The monoisotopic (exact) mass is 380 g/mol. The number of benzene rings is 2. The first-order valence-electron chi connectivity index (χ1n) is 7.76.